The first-order chi connectivity index (χ1) is 8.40. The van der Waals surface area contributed by atoms with Crippen molar-refractivity contribution < 1.29 is 9.00 Å². The van der Waals surface area contributed by atoms with Crippen molar-refractivity contribution in [3.05, 3.63) is 23.2 Å². The van der Waals surface area contributed by atoms with Crippen LogP contribution in [0.25, 0.3) is 0 Å². The summed E-state index contributed by atoms with van der Waals surface area (Å²) in [6.45, 7) is 3.77. The lowest BCUT2D eigenvalue weighted by molar-refractivity contribution is -0.121. The van der Waals surface area contributed by atoms with Crippen LogP contribution in [0.15, 0.2) is 23.1 Å². The maximum absolute atomic E-state index is 11.9. The summed E-state index contributed by atoms with van der Waals surface area (Å²) in [6.07, 6.45) is 0.229. The molecule has 0 aliphatic heterocycles. The number of hydrogen-bond donors (Lipinski definition) is 2. The number of rotatable bonds is 5. The number of halogens is 1. The summed E-state index contributed by atoms with van der Waals surface area (Å²) in [7, 11) is -1.24. The molecule has 1 rings (SSSR count). The van der Waals surface area contributed by atoms with Gasteiger partial charge < -0.3 is 11.1 Å². The van der Waals surface area contributed by atoms with Crippen molar-refractivity contribution in [2.45, 2.75) is 31.2 Å². The molecule has 0 saturated carbocycles. The highest BCUT2D eigenvalue weighted by molar-refractivity contribution is 7.85. The SMILES string of the molecule is CC(C)NC(=O)CCS(=O)c1ccc(N)c(Cl)c1. The minimum absolute atomic E-state index is 0.0944. The molecule has 100 valence electrons. The van der Waals surface area contributed by atoms with Crippen molar-refractivity contribution in [3.63, 3.8) is 0 Å². The molecule has 6 heteroatoms. The number of nitrogen functional groups attached to an aromatic ring is 1. The molecule has 0 saturated heterocycles. The van der Waals surface area contributed by atoms with Crippen LogP contribution >= 0.6 is 11.6 Å². The first-order valence-corrected chi connectivity index (χ1v) is 7.32. The summed E-state index contributed by atoms with van der Waals surface area (Å²) < 4.78 is 11.9. The minimum atomic E-state index is -1.24. The highest BCUT2D eigenvalue weighted by atomic mass is 35.5. The summed E-state index contributed by atoms with van der Waals surface area (Å²) in [5.41, 5.74) is 6.02. The summed E-state index contributed by atoms with van der Waals surface area (Å²) in [5.74, 6) is 0.179. The Bertz CT molecular complexity index is 463. The molecule has 0 bridgehead atoms. The second-order valence-corrected chi connectivity index (χ2v) is 6.18. The lowest BCUT2D eigenvalue weighted by Crippen LogP contribution is -2.30. The molecule has 4 nitrogen and oxygen atoms in total. The predicted octanol–water partition coefficient (Wildman–Crippen LogP) is 1.94. The number of carbonyl (C=O) groups is 1. The van der Waals surface area contributed by atoms with E-state index >= 15 is 0 Å². The monoisotopic (exact) mass is 288 g/mol. The van der Waals surface area contributed by atoms with Crippen molar-refractivity contribution in [3.8, 4) is 0 Å². The Kier molecular flexibility index (Phi) is 5.62. The highest BCUT2D eigenvalue weighted by Crippen LogP contribution is 2.21. The number of hydrogen-bond acceptors (Lipinski definition) is 3. The molecule has 0 aromatic heterocycles. The van der Waals surface area contributed by atoms with E-state index in [4.69, 9.17) is 17.3 Å². The van der Waals surface area contributed by atoms with Crippen molar-refractivity contribution in [1.82, 2.24) is 5.32 Å². The molecule has 3 N–H and O–H groups in total. The molecule has 1 amide bonds. The van der Waals surface area contributed by atoms with E-state index in [-0.39, 0.29) is 24.1 Å². The van der Waals surface area contributed by atoms with Crippen LogP contribution in [0, 0.1) is 0 Å². The number of nitrogens with one attached hydrogen (secondary N) is 1. The topological polar surface area (TPSA) is 72.2 Å². The van der Waals surface area contributed by atoms with Gasteiger partial charge in [-0.15, -0.1) is 0 Å². The smallest absolute Gasteiger partial charge is 0.221 e. The zero-order valence-corrected chi connectivity index (χ0v) is 12.0. The number of carbonyl (C=O) groups excluding carboxylic acids is 1. The van der Waals surface area contributed by atoms with E-state index in [9.17, 15) is 9.00 Å². The predicted molar refractivity (Wildman–Crippen MR) is 75.0 cm³/mol. The Morgan fingerprint density at radius 3 is 2.72 bits per heavy atom. The van der Waals surface area contributed by atoms with Crippen LogP contribution < -0.4 is 11.1 Å². The molecule has 18 heavy (non-hydrogen) atoms. The number of nitrogens with two attached hydrogens (primary N) is 1. The zero-order chi connectivity index (χ0) is 13.7. The zero-order valence-electron chi connectivity index (χ0n) is 10.4. The first-order valence-electron chi connectivity index (χ1n) is 5.63. The molecule has 0 fully saturated rings. The normalized spacial score (nSPS) is 12.4. The van der Waals surface area contributed by atoms with Gasteiger partial charge in [-0.25, -0.2) is 0 Å². The first kappa shape index (κ1) is 15.0. The molecule has 0 radical (unpaired) electrons. The van der Waals surface area contributed by atoms with Crippen molar-refractivity contribution >= 4 is 34.0 Å². The van der Waals surface area contributed by atoms with Gasteiger partial charge >= 0.3 is 0 Å². The van der Waals surface area contributed by atoms with Crippen LogP contribution in [0.4, 0.5) is 5.69 Å². The Labute approximate surface area is 114 Å². The fourth-order valence-corrected chi connectivity index (χ4v) is 2.67. The number of amides is 1. The van der Waals surface area contributed by atoms with E-state index in [1.807, 2.05) is 13.8 Å². The van der Waals surface area contributed by atoms with Gasteiger partial charge in [-0.1, -0.05) is 11.6 Å². The van der Waals surface area contributed by atoms with E-state index < -0.39 is 10.8 Å². The third-order valence-corrected chi connectivity index (χ3v) is 3.88. The van der Waals surface area contributed by atoms with Gasteiger partial charge in [0.15, 0.2) is 0 Å². The van der Waals surface area contributed by atoms with Gasteiger partial charge in [-0.3, -0.25) is 9.00 Å². The van der Waals surface area contributed by atoms with Crippen LogP contribution in [0.5, 0.6) is 0 Å². The molecular formula is C12H17ClN2O2S. The van der Waals surface area contributed by atoms with E-state index in [0.717, 1.165) is 0 Å². The lowest BCUT2D eigenvalue weighted by Gasteiger charge is -2.08. The van der Waals surface area contributed by atoms with Gasteiger partial charge in [-0.05, 0) is 32.0 Å². The fraction of sp³-hybridized carbons (Fsp3) is 0.417. The standard InChI is InChI=1S/C12H17ClN2O2S/c1-8(2)15-12(16)5-6-18(17)9-3-4-11(14)10(13)7-9/h3-4,7-8H,5-6,14H2,1-2H3,(H,15,16). The molecule has 1 atom stereocenters. The maximum atomic E-state index is 11.9. The Hall–Kier alpha value is -1.07. The van der Waals surface area contributed by atoms with Crippen molar-refractivity contribution in [1.29, 1.82) is 0 Å². The highest BCUT2D eigenvalue weighted by Gasteiger charge is 2.09. The molecule has 0 aliphatic carbocycles. The summed E-state index contributed by atoms with van der Waals surface area (Å²) in [5, 5.41) is 3.13. The van der Waals surface area contributed by atoms with Crippen molar-refractivity contribution in [2.24, 2.45) is 0 Å². The Balaban J connectivity index is 2.55. The van der Waals surface area contributed by atoms with E-state index in [1.165, 1.54) is 0 Å². The van der Waals surface area contributed by atoms with Crippen LogP contribution in [0.1, 0.15) is 20.3 Å². The van der Waals surface area contributed by atoms with Crippen LogP contribution in [0.2, 0.25) is 5.02 Å². The van der Waals surface area contributed by atoms with Gasteiger partial charge in [0.05, 0.1) is 21.5 Å². The number of anilines is 1. The second kappa shape index (κ2) is 6.75. The van der Waals surface area contributed by atoms with Gasteiger partial charge in [0.25, 0.3) is 0 Å². The lowest BCUT2D eigenvalue weighted by atomic mass is 10.3. The van der Waals surface area contributed by atoms with Crippen molar-refractivity contribution in [2.75, 3.05) is 11.5 Å². The van der Waals surface area contributed by atoms with Gasteiger partial charge in [-0.2, -0.15) is 0 Å². The second-order valence-electron chi connectivity index (χ2n) is 4.21. The number of benzene rings is 1. The van der Waals surface area contributed by atoms with Crippen LogP contribution in [0.3, 0.4) is 0 Å². The van der Waals surface area contributed by atoms with E-state index in [0.29, 0.717) is 15.6 Å². The summed E-state index contributed by atoms with van der Waals surface area (Å²) in [6, 6.07) is 4.95. The largest absolute Gasteiger partial charge is 0.398 e. The van der Waals surface area contributed by atoms with Gasteiger partial charge in [0.2, 0.25) is 5.91 Å². The van der Waals surface area contributed by atoms with Gasteiger partial charge in [0.1, 0.15) is 0 Å². The molecule has 0 spiro atoms. The average molecular weight is 289 g/mol. The van der Waals surface area contributed by atoms with Gasteiger partial charge in [0, 0.05) is 23.1 Å². The maximum Gasteiger partial charge on any atom is 0.221 e. The molecule has 1 aromatic carbocycles. The Morgan fingerprint density at radius 2 is 2.17 bits per heavy atom. The molecule has 1 unspecified atom stereocenters. The third-order valence-electron chi connectivity index (χ3n) is 2.20. The third kappa shape index (κ3) is 4.66. The fourth-order valence-electron chi connectivity index (χ4n) is 1.35. The molecule has 0 heterocycles. The quantitative estimate of drug-likeness (QED) is 0.814. The van der Waals surface area contributed by atoms with E-state index in [2.05, 4.69) is 5.32 Å². The summed E-state index contributed by atoms with van der Waals surface area (Å²) >= 11 is 5.85. The average Bonchev–Trinajstić information content (AvgIpc) is 2.28. The molecular weight excluding hydrogens is 272 g/mol. The minimum Gasteiger partial charge on any atom is -0.398 e. The molecule has 1 aromatic rings. The summed E-state index contributed by atoms with van der Waals surface area (Å²) in [4.78, 5) is 12.0. The Morgan fingerprint density at radius 1 is 1.50 bits per heavy atom. The van der Waals surface area contributed by atoms with Crippen LogP contribution in [-0.4, -0.2) is 21.9 Å². The van der Waals surface area contributed by atoms with E-state index in [1.54, 1.807) is 18.2 Å². The molecule has 0 aliphatic rings. The van der Waals surface area contributed by atoms with Crippen LogP contribution in [-0.2, 0) is 15.6 Å².